The molecule has 0 bridgehead atoms. The van der Waals surface area contributed by atoms with E-state index in [1.165, 1.54) is 30.8 Å². The lowest BCUT2D eigenvalue weighted by Crippen LogP contribution is -2.43. The van der Waals surface area contributed by atoms with E-state index in [1.807, 2.05) is 36.6 Å². The maximum atomic E-state index is 5.47. The lowest BCUT2D eigenvalue weighted by Gasteiger charge is -2.27. The highest BCUT2D eigenvalue weighted by molar-refractivity contribution is 14.0. The first-order chi connectivity index (χ1) is 14.2. The van der Waals surface area contributed by atoms with Crippen LogP contribution in [0.1, 0.15) is 29.3 Å². The normalized spacial score (nSPS) is 15.4. The molecule has 1 unspecified atom stereocenters. The van der Waals surface area contributed by atoms with Gasteiger partial charge in [-0.1, -0.05) is 6.07 Å². The fourth-order valence-corrected chi connectivity index (χ4v) is 4.61. The molecular weight excluding hydrogens is 511 g/mol. The van der Waals surface area contributed by atoms with Crippen LogP contribution in [0.25, 0.3) is 0 Å². The van der Waals surface area contributed by atoms with E-state index in [0.717, 1.165) is 42.5 Å². The van der Waals surface area contributed by atoms with Crippen molar-refractivity contribution in [3.05, 3.63) is 46.2 Å². The van der Waals surface area contributed by atoms with E-state index in [1.54, 1.807) is 14.2 Å². The van der Waals surface area contributed by atoms with Crippen LogP contribution in [0.3, 0.4) is 0 Å². The van der Waals surface area contributed by atoms with E-state index in [0.29, 0.717) is 6.04 Å². The third-order valence-electron chi connectivity index (χ3n) is 5.31. The van der Waals surface area contributed by atoms with E-state index in [9.17, 15) is 0 Å². The van der Waals surface area contributed by atoms with Crippen molar-refractivity contribution < 1.29 is 9.47 Å². The predicted octanol–water partition coefficient (Wildman–Crippen LogP) is 3.93. The highest BCUT2D eigenvalue weighted by atomic mass is 127. The Balaban J connectivity index is 0.00000320. The molecule has 0 saturated carbocycles. The van der Waals surface area contributed by atoms with Crippen LogP contribution in [0.15, 0.2) is 40.7 Å². The summed E-state index contributed by atoms with van der Waals surface area (Å²) < 4.78 is 10.8. The first-order valence-corrected chi connectivity index (χ1v) is 11.1. The lowest BCUT2D eigenvalue weighted by molar-refractivity contribution is 0.249. The van der Waals surface area contributed by atoms with Gasteiger partial charge in [-0.15, -0.1) is 35.3 Å². The molecule has 1 atom stereocenters. The van der Waals surface area contributed by atoms with E-state index in [4.69, 9.17) is 9.47 Å². The number of benzene rings is 1. The Bertz CT molecular complexity index is 779. The first kappa shape index (κ1) is 24.7. The van der Waals surface area contributed by atoms with Crippen LogP contribution in [0.5, 0.6) is 11.5 Å². The minimum Gasteiger partial charge on any atom is -0.497 e. The Hall–Kier alpha value is -1.52. The molecule has 6 nitrogen and oxygen atoms in total. The smallest absolute Gasteiger partial charge is 0.191 e. The van der Waals surface area contributed by atoms with Gasteiger partial charge in [-0.2, -0.15) is 0 Å². The first-order valence-electron chi connectivity index (χ1n) is 10.2. The number of hydrogen-bond donors (Lipinski definition) is 2. The summed E-state index contributed by atoms with van der Waals surface area (Å²) in [5.41, 5.74) is 1.11. The average molecular weight is 545 g/mol. The van der Waals surface area contributed by atoms with Crippen LogP contribution in [0.4, 0.5) is 0 Å². The number of guanidine groups is 1. The maximum Gasteiger partial charge on any atom is 0.191 e. The van der Waals surface area contributed by atoms with E-state index in [-0.39, 0.29) is 24.0 Å². The Kier molecular flexibility index (Phi) is 10.7. The van der Waals surface area contributed by atoms with Gasteiger partial charge >= 0.3 is 0 Å². The summed E-state index contributed by atoms with van der Waals surface area (Å²) in [6.45, 7) is 3.96. The van der Waals surface area contributed by atoms with Gasteiger partial charge in [0.05, 0.1) is 20.3 Å². The molecule has 1 saturated heterocycles. The molecule has 0 spiro atoms. The Morgan fingerprint density at radius 2 is 1.97 bits per heavy atom. The summed E-state index contributed by atoms with van der Waals surface area (Å²) in [6, 6.07) is 10.7. The van der Waals surface area contributed by atoms with Gasteiger partial charge in [0, 0.05) is 25.0 Å². The fraction of sp³-hybridized carbons (Fsp3) is 0.500. The minimum atomic E-state index is 0. The number of hydrogen-bond acceptors (Lipinski definition) is 5. The number of ether oxygens (including phenoxy) is 2. The zero-order valence-electron chi connectivity index (χ0n) is 18.0. The number of methoxy groups -OCH3 is 2. The van der Waals surface area contributed by atoms with Crippen molar-refractivity contribution >= 4 is 41.3 Å². The van der Waals surface area contributed by atoms with Crippen LogP contribution < -0.4 is 20.1 Å². The van der Waals surface area contributed by atoms with Crippen LogP contribution in [0, 0.1) is 0 Å². The van der Waals surface area contributed by atoms with E-state index < -0.39 is 0 Å². The molecule has 1 aliphatic rings. The van der Waals surface area contributed by atoms with Crippen molar-refractivity contribution in [2.45, 2.75) is 25.3 Å². The summed E-state index contributed by atoms with van der Waals surface area (Å²) in [4.78, 5) is 8.39. The standard InChI is InChI=1S/C22H32N4O2S.HI/c1-23-22(24-11-10-17-15-18(27-2)8-9-20(17)28-3)25-16-19(21-7-6-14-29-21)26-12-4-5-13-26;/h6-9,14-15,19H,4-5,10-13,16H2,1-3H3,(H2,23,24,25);1H. The highest BCUT2D eigenvalue weighted by Crippen LogP contribution is 2.28. The third-order valence-corrected chi connectivity index (χ3v) is 6.29. The van der Waals surface area contributed by atoms with Crippen LogP contribution in [0.2, 0.25) is 0 Å². The largest absolute Gasteiger partial charge is 0.497 e. The molecule has 1 aliphatic heterocycles. The summed E-state index contributed by atoms with van der Waals surface area (Å²) in [5.74, 6) is 2.54. The molecule has 0 radical (unpaired) electrons. The van der Waals surface area contributed by atoms with Crippen molar-refractivity contribution in [3.63, 3.8) is 0 Å². The second-order valence-corrected chi connectivity index (χ2v) is 8.06. The summed E-state index contributed by atoms with van der Waals surface area (Å²) in [7, 11) is 5.19. The summed E-state index contributed by atoms with van der Waals surface area (Å²) >= 11 is 1.83. The quantitative estimate of drug-likeness (QED) is 0.285. The molecule has 8 heteroatoms. The molecule has 0 amide bonds. The number of likely N-dealkylation sites (tertiary alicyclic amines) is 1. The topological polar surface area (TPSA) is 58.1 Å². The molecule has 0 aliphatic carbocycles. The monoisotopic (exact) mass is 544 g/mol. The maximum absolute atomic E-state index is 5.47. The molecule has 2 heterocycles. The van der Waals surface area contributed by atoms with Crippen molar-refractivity contribution in [3.8, 4) is 11.5 Å². The number of thiophene rings is 1. The molecule has 3 rings (SSSR count). The van der Waals surface area contributed by atoms with Crippen molar-refractivity contribution in [1.29, 1.82) is 0 Å². The molecule has 30 heavy (non-hydrogen) atoms. The van der Waals surface area contributed by atoms with Gasteiger partial charge in [0.15, 0.2) is 5.96 Å². The fourth-order valence-electron chi connectivity index (χ4n) is 3.75. The zero-order chi connectivity index (χ0) is 20.5. The average Bonchev–Trinajstić information content (AvgIpc) is 3.47. The Morgan fingerprint density at radius 3 is 2.60 bits per heavy atom. The number of aliphatic imine (C=N–C) groups is 1. The van der Waals surface area contributed by atoms with Gasteiger partial charge in [-0.25, -0.2) is 0 Å². The predicted molar refractivity (Wildman–Crippen MR) is 136 cm³/mol. The highest BCUT2D eigenvalue weighted by Gasteiger charge is 2.24. The van der Waals surface area contributed by atoms with E-state index in [2.05, 4.69) is 38.0 Å². The third kappa shape index (κ3) is 6.75. The second-order valence-electron chi connectivity index (χ2n) is 7.08. The second kappa shape index (κ2) is 13.0. The van der Waals surface area contributed by atoms with Crippen LogP contribution >= 0.6 is 35.3 Å². The zero-order valence-corrected chi connectivity index (χ0v) is 21.2. The molecule has 2 aromatic rings. The van der Waals surface area contributed by atoms with Gasteiger partial charge in [0.25, 0.3) is 0 Å². The number of halogens is 1. The molecule has 1 aromatic heterocycles. The minimum absolute atomic E-state index is 0. The summed E-state index contributed by atoms with van der Waals surface area (Å²) in [5, 5.41) is 9.11. The van der Waals surface area contributed by atoms with Crippen molar-refractivity contribution in [1.82, 2.24) is 15.5 Å². The molecular formula is C22H33IN4O2S. The van der Waals surface area contributed by atoms with Gasteiger partial charge in [-0.05, 0) is 67.6 Å². The molecule has 1 fully saturated rings. The lowest BCUT2D eigenvalue weighted by atomic mass is 10.1. The number of nitrogens with zero attached hydrogens (tertiary/aromatic N) is 2. The van der Waals surface area contributed by atoms with Crippen LogP contribution in [-0.4, -0.2) is 58.3 Å². The molecule has 2 N–H and O–H groups in total. The molecule has 166 valence electrons. The molecule has 1 aromatic carbocycles. The van der Waals surface area contributed by atoms with Gasteiger partial charge in [0.1, 0.15) is 11.5 Å². The van der Waals surface area contributed by atoms with E-state index >= 15 is 0 Å². The van der Waals surface area contributed by atoms with Crippen LogP contribution in [-0.2, 0) is 6.42 Å². The summed E-state index contributed by atoms with van der Waals surface area (Å²) in [6.07, 6.45) is 3.40. The Labute approximate surface area is 201 Å². The number of nitrogens with one attached hydrogen (secondary N) is 2. The Morgan fingerprint density at radius 1 is 1.17 bits per heavy atom. The van der Waals surface area contributed by atoms with Gasteiger partial charge < -0.3 is 20.1 Å². The van der Waals surface area contributed by atoms with Gasteiger partial charge in [0.2, 0.25) is 0 Å². The SMILES string of the molecule is CN=C(NCCc1cc(OC)ccc1OC)NCC(c1cccs1)N1CCCC1.I. The van der Waals surface area contributed by atoms with Crippen molar-refractivity contribution in [2.75, 3.05) is 47.4 Å². The van der Waals surface area contributed by atoms with Crippen molar-refractivity contribution in [2.24, 2.45) is 4.99 Å². The van der Waals surface area contributed by atoms with Gasteiger partial charge in [-0.3, -0.25) is 9.89 Å². The number of rotatable bonds is 9.